The van der Waals surface area contributed by atoms with Crippen molar-refractivity contribution < 1.29 is 35.1 Å². The summed E-state index contributed by atoms with van der Waals surface area (Å²) in [5.74, 6) is -3.04. The van der Waals surface area contributed by atoms with Crippen LogP contribution in [0.1, 0.15) is 0 Å². The number of esters is 1. The molecule has 7 nitrogen and oxygen atoms in total. The number of cyclic esters (lactones) is 1. The molecule has 0 amide bonds. The van der Waals surface area contributed by atoms with Crippen LogP contribution in [0.2, 0.25) is 0 Å². The fourth-order valence-electron chi connectivity index (χ4n) is 1.01. The summed E-state index contributed by atoms with van der Waals surface area (Å²) in [5, 5.41) is 44.6. The van der Waals surface area contributed by atoms with E-state index in [2.05, 4.69) is 4.74 Å². The number of aliphatic hydroxyl groups is 5. The number of carbonyl (C=O) groups excluding carboxylic acids is 1. The Labute approximate surface area is 78.5 Å². The van der Waals surface area contributed by atoms with Gasteiger partial charge in [0.05, 0.1) is 6.61 Å². The molecular formula is C7H10O7. The number of carbonyl (C=O) groups is 1. The Balaban J connectivity index is 2.78. The van der Waals surface area contributed by atoms with Crippen molar-refractivity contribution in [1.82, 2.24) is 0 Å². The third kappa shape index (κ3) is 1.65. The van der Waals surface area contributed by atoms with E-state index in [4.69, 9.17) is 20.4 Å². The third-order valence-electron chi connectivity index (χ3n) is 1.83. The molecule has 0 saturated heterocycles. The van der Waals surface area contributed by atoms with Gasteiger partial charge in [-0.25, -0.2) is 4.79 Å². The zero-order valence-corrected chi connectivity index (χ0v) is 6.99. The molecule has 0 spiro atoms. The number of rotatable bonds is 3. The summed E-state index contributed by atoms with van der Waals surface area (Å²) in [4.78, 5) is 10.7. The van der Waals surface area contributed by atoms with E-state index in [1.54, 1.807) is 0 Å². The van der Waals surface area contributed by atoms with Gasteiger partial charge in [-0.2, -0.15) is 0 Å². The van der Waals surface area contributed by atoms with Crippen LogP contribution in [0.4, 0.5) is 0 Å². The van der Waals surface area contributed by atoms with Gasteiger partial charge in [-0.1, -0.05) is 0 Å². The highest BCUT2D eigenvalue weighted by atomic mass is 16.6. The van der Waals surface area contributed by atoms with Gasteiger partial charge in [0.25, 0.3) is 0 Å². The minimum atomic E-state index is -1.69. The van der Waals surface area contributed by atoms with Crippen molar-refractivity contribution in [3.05, 3.63) is 11.5 Å². The van der Waals surface area contributed by atoms with Crippen LogP contribution in [0, 0.1) is 0 Å². The SMILES string of the molecule is O=C1OC(C(O)C(O)CO)C(O)=C1O. The van der Waals surface area contributed by atoms with Crippen molar-refractivity contribution in [2.75, 3.05) is 6.61 Å². The van der Waals surface area contributed by atoms with Gasteiger partial charge in [0.15, 0.2) is 11.9 Å². The molecule has 3 atom stereocenters. The normalized spacial score (nSPS) is 26.2. The summed E-state index contributed by atoms with van der Waals surface area (Å²) >= 11 is 0. The molecule has 80 valence electrons. The molecule has 0 aromatic carbocycles. The summed E-state index contributed by atoms with van der Waals surface area (Å²) in [6, 6.07) is 0. The molecule has 3 unspecified atom stereocenters. The van der Waals surface area contributed by atoms with Gasteiger partial charge in [-0.3, -0.25) is 0 Å². The predicted octanol–water partition coefficient (Wildman–Crippen LogP) is -2.05. The maximum absolute atomic E-state index is 10.7. The maximum atomic E-state index is 10.7. The zero-order chi connectivity index (χ0) is 10.9. The highest BCUT2D eigenvalue weighted by Crippen LogP contribution is 2.22. The van der Waals surface area contributed by atoms with Crippen LogP contribution in [0.25, 0.3) is 0 Å². The topological polar surface area (TPSA) is 127 Å². The molecule has 0 fully saturated rings. The number of hydrogen-bond donors (Lipinski definition) is 5. The first kappa shape index (κ1) is 10.8. The lowest BCUT2D eigenvalue weighted by Gasteiger charge is -2.20. The maximum Gasteiger partial charge on any atom is 0.377 e. The van der Waals surface area contributed by atoms with E-state index in [1.165, 1.54) is 0 Å². The van der Waals surface area contributed by atoms with Crippen molar-refractivity contribution >= 4 is 5.97 Å². The van der Waals surface area contributed by atoms with Crippen LogP contribution in [-0.2, 0) is 9.53 Å². The minimum absolute atomic E-state index is 0.761. The van der Waals surface area contributed by atoms with Gasteiger partial charge in [0.2, 0.25) is 5.76 Å². The quantitative estimate of drug-likeness (QED) is 0.336. The van der Waals surface area contributed by atoms with Gasteiger partial charge in [0.1, 0.15) is 12.2 Å². The average molecular weight is 206 g/mol. The molecule has 1 aliphatic heterocycles. The first-order valence-electron chi connectivity index (χ1n) is 3.79. The molecule has 0 saturated carbocycles. The van der Waals surface area contributed by atoms with E-state index in [1.807, 2.05) is 0 Å². The van der Waals surface area contributed by atoms with E-state index in [0.29, 0.717) is 0 Å². The summed E-state index contributed by atoms with van der Waals surface area (Å²) < 4.78 is 4.34. The zero-order valence-electron chi connectivity index (χ0n) is 6.99. The summed E-state index contributed by atoms with van der Waals surface area (Å²) in [7, 11) is 0. The highest BCUT2D eigenvalue weighted by Gasteiger charge is 2.41. The van der Waals surface area contributed by atoms with Gasteiger partial charge >= 0.3 is 5.97 Å². The second-order valence-electron chi connectivity index (χ2n) is 2.80. The van der Waals surface area contributed by atoms with Crippen molar-refractivity contribution in [1.29, 1.82) is 0 Å². The Morgan fingerprint density at radius 3 is 2.29 bits per heavy atom. The summed E-state index contributed by atoms with van der Waals surface area (Å²) in [5.41, 5.74) is 0. The number of hydrogen-bond acceptors (Lipinski definition) is 7. The van der Waals surface area contributed by atoms with Gasteiger partial charge in [-0.15, -0.1) is 0 Å². The summed E-state index contributed by atoms with van der Waals surface area (Å²) in [6.45, 7) is -0.761. The fraction of sp³-hybridized carbons (Fsp3) is 0.571. The molecular weight excluding hydrogens is 196 g/mol. The molecule has 5 N–H and O–H groups in total. The lowest BCUT2D eigenvalue weighted by molar-refractivity contribution is -0.151. The standard InChI is InChI=1S/C7H10O7/c8-1-2(9)3(10)6-4(11)5(12)7(13)14-6/h2-3,6,8-12H,1H2. The molecule has 1 aliphatic rings. The van der Waals surface area contributed by atoms with E-state index >= 15 is 0 Å². The fourth-order valence-corrected chi connectivity index (χ4v) is 1.01. The van der Waals surface area contributed by atoms with Crippen LogP contribution in [-0.4, -0.2) is 56.4 Å². The van der Waals surface area contributed by atoms with Crippen molar-refractivity contribution in [2.24, 2.45) is 0 Å². The second kappa shape index (κ2) is 3.82. The molecule has 0 aromatic heterocycles. The Morgan fingerprint density at radius 1 is 1.36 bits per heavy atom. The van der Waals surface area contributed by atoms with E-state index in [-0.39, 0.29) is 0 Å². The smallest absolute Gasteiger partial charge is 0.377 e. The van der Waals surface area contributed by atoms with Crippen molar-refractivity contribution in [3.63, 3.8) is 0 Å². The lowest BCUT2D eigenvalue weighted by Crippen LogP contribution is -2.40. The molecule has 0 radical (unpaired) electrons. The first-order valence-corrected chi connectivity index (χ1v) is 3.79. The predicted molar refractivity (Wildman–Crippen MR) is 41.3 cm³/mol. The Hall–Kier alpha value is -1.31. The van der Waals surface area contributed by atoms with Crippen LogP contribution in [0.3, 0.4) is 0 Å². The molecule has 1 heterocycles. The minimum Gasteiger partial charge on any atom is -0.505 e. The molecule has 0 aliphatic carbocycles. The van der Waals surface area contributed by atoms with Gasteiger partial charge in [-0.05, 0) is 0 Å². The van der Waals surface area contributed by atoms with Crippen LogP contribution in [0.5, 0.6) is 0 Å². The molecule has 14 heavy (non-hydrogen) atoms. The molecule has 0 aromatic rings. The Kier molecular flexibility index (Phi) is 2.94. The monoisotopic (exact) mass is 206 g/mol. The van der Waals surface area contributed by atoms with E-state index in [9.17, 15) is 9.90 Å². The first-order chi connectivity index (χ1) is 6.49. The van der Waals surface area contributed by atoms with Crippen molar-refractivity contribution in [2.45, 2.75) is 18.3 Å². The van der Waals surface area contributed by atoms with Crippen LogP contribution in [0.15, 0.2) is 11.5 Å². The highest BCUT2D eigenvalue weighted by molar-refractivity contribution is 5.89. The Morgan fingerprint density at radius 2 is 1.93 bits per heavy atom. The number of aliphatic hydroxyl groups excluding tert-OH is 5. The van der Waals surface area contributed by atoms with Gasteiger partial charge < -0.3 is 30.3 Å². The van der Waals surface area contributed by atoms with E-state index in [0.717, 1.165) is 0 Å². The second-order valence-corrected chi connectivity index (χ2v) is 2.80. The van der Waals surface area contributed by atoms with Crippen LogP contribution < -0.4 is 0 Å². The third-order valence-corrected chi connectivity index (χ3v) is 1.83. The van der Waals surface area contributed by atoms with Crippen LogP contribution >= 0.6 is 0 Å². The summed E-state index contributed by atoms with van der Waals surface area (Å²) in [6.07, 6.45) is -4.79. The van der Waals surface area contributed by atoms with Gasteiger partial charge in [0, 0.05) is 0 Å². The largest absolute Gasteiger partial charge is 0.505 e. The molecule has 1 rings (SSSR count). The molecule has 7 heteroatoms. The van der Waals surface area contributed by atoms with E-state index < -0.39 is 42.4 Å². The lowest BCUT2D eigenvalue weighted by atomic mass is 10.1. The average Bonchev–Trinajstić information content (AvgIpc) is 2.43. The number of ether oxygens (including phenoxy) is 1. The molecule has 0 bridgehead atoms. The Bertz CT molecular complexity index is 271. The van der Waals surface area contributed by atoms with Crippen molar-refractivity contribution in [3.8, 4) is 0 Å².